The van der Waals surface area contributed by atoms with Crippen LogP contribution in [-0.2, 0) is 9.47 Å². The molecule has 62 valence electrons. The van der Waals surface area contributed by atoms with Gasteiger partial charge in [0, 0.05) is 0 Å². The van der Waals surface area contributed by atoms with E-state index in [4.69, 9.17) is 9.47 Å². The van der Waals surface area contributed by atoms with Gasteiger partial charge in [0.05, 0.1) is 0 Å². The fourth-order valence-corrected chi connectivity index (χ4v) is 1.23. The van der Waals surface area contributed by atoms with E-state index in [9.17, 15) is 0 Å². The molecule has 0 radical (unpaired) electrons. The van der Waals surface area contributed by atoms with E-state index in [0.717, 1.165) is 5.56 Å². The van der Waals surface area contributed by atoms with Crippen LogP contribution in [0.5, 0.6) is 0 Å². The molecule has 0 spiro atoms. The summed E-state index contributed by atoms with van der Waals surface area (Å²) in [7, 11) is 0. The zero-order valence-corrected chi connectivity index (χ0v) is 6.69. The molecule has 0 amide bonds. The monoisotopic (exact) mass is 162 g/mol. The minimum Gasteiger partial charge on any atom is -0.462 e. The highest BCUT2D eigenvalue weighted by atomic mass is 16.7. The van der Waals surface area contributed by atoms with Crippen molar-refractivity contribution in [1.29, 1.82) is 0 Å². The van der Waals surface area contributed by atoms with Gasteiger partial charge in [0.25, 0.3) is 5.95 Å². The second-order valence-electron chi connectivity index (χ2n) is 2.70. The third-order valence-electron chi connectivity index (χ3n) is 1.84. The molecule has 2 heteroatoms. The van der Waals surface area contributed by atoms with Gasteiger partial charge in [-0.15, -0.1) is 0 Å². The van der Waals surface area contributed by atoms with Gasteiger partial charge < -0.3 is 9.47 Å². The molecule has 1 aromatic carbocycles. The van der Waals surface area contributed by atoms with Crippen molar-refractivity contribution in [3.05, 3.63) is 48.4 Å². The van der Waals surface area contributed by atoms with Crippen LogP contribution in [0.1, 0.15) is 11.7 Å². The first kappa shape index (κ1) is 7.22. The summed E-state index contributed by atoms with van der Waals surface area (Å²) in [6.45, 7) is 4.16. The first-order valence-corrected chi connectivity index (χ1v) is 3.89. The maximum Gasteiger partial charge on any atom is 0.272 e. The second-order valence-corrected chi connectivity index (χ2v) is 2.70. The van der Waals surface area contributed by atoms with Crippen molar-refractivity contribution in [1.82, 2.24) is 0 Å². The van der Waals surface area contributed by atoms with Gasteiger partial charge in [-0.1, -0.05) is 30.3 Å². The molecule has 0 aromatic heterocycles. The lowest BCUT2D eigenvalue weighted by Crippen LogP contribution is -1.98. The van der Waals surface area contributed by atoms with E-state index in [1.54, 1.807) is 0 Å². The van der Waals surface area contributed by atoms with E-state index < -0.39 is 0 Å². The average Bonchev–Trinajstić information content (AvgIpc) is 2.54. The molecule has 1 fully saturated rings. The molecular formula is C10H10O2. The maximum atomic E-state index is 5.33. The fourth-order valence-electron chi connectivity index (χ4n) is 1.23. The number of hydrogen-bond donors (Lipinski definition) is 0. The first-order valence-electron chi connectivity index (χ1n) is 3.89. The van der Waals surface area contributed by atoms with Crippen LogP contribution in [0.3, 0.4) is 0 Å². The summed E-state index contributed by atoms with van der Waals surface area (Å²) in [5, 5.41) is 0. The van der Waals surface area contributed by atoms with Gasteiger partial charge in [-0.3, -0.25) is 0 Å². The molecule has 1 aliphatic rings. The Balaban J connectivity index is 2.16. The summed E-state index contributed by atoms with van der Waals surface area (Å²) >= 11 is 0. The Morgan fingerprint density at radius 3 is 2.58 bits per heavy atom. The predicted octanol–water partition coefficient (Wildman–Crippen LogP) is 2.25. The lowest BCUT2D eigenvalue weighted by atomic mass is 10.1. The molecule has 0 aliphatic carbocycles. The summed E-state index contributed by atoms with van der Waals surface area (Å²) < 4.78 is 10.4. The van der Waals surface area contributed by atoms with Crippen LogP contribution in [-0.4, -0.2) is 6.61 Å². The van der Waals surface area contributed by atoms with Gasteiger partial charge in [-0.05, 0) is 12.1 Å². The van der Waals surface area contributed by atoms with E-state index in [-0.39, 0.29) is 6.10 Å². The molecular weight excluding hydrogens is 152 g/mol. The van der Waals surface area contributed by atoms with Crippen LogP contribution in [0.2, 0.25) is 0 Å². The molecule has 1 saturated heterocycles. The van der Waals surface area contributed by atoms with Crippen molar-refractivity contribution in [2.45, 2.75) is 6.10 Å². The molecule has 0 unspecified atom stereocenters. The van der Waals surface area contributed by atoms with Crippen molar-refractivity contribution in [3.8, 4) is 0 Å². The minimum absolute atomic E-state index is 0.0266. The third-order valence-corrected chi connectivity index (χ3v) is 1.84. The molecule has 1 aromatic rings. The Hall–Kier alpha value is -1.44. The van der Waals surface area contributed by atoms with Gasteiger partial charge in [0.1, 0.15) is 6.61 Å². The zero-order valence-electron chi connectivity index (χ0n) is 6.69. The number of ether oxygens (including phenoxy) is 2. The highest BCUT2D eigenvalue weighted by Crippen LogP contribution is 2.26. The predicted molar refractivity (Wildman–Crippen MR) is 45.4 cm³/mol. The molecule has 1 heterocycles. The molecule has 12 heavy (non-hydrogen) atoms. The fraction of sp³-hybridized carbons (Fsp3) is 0.200. The summed E-state index contributed by atoms with van der Waals surface area (Å²) in [6, 6.07) is 9.99. The summed E-state index contributed by atoms with van der Waals surface area (Å²) in [5.74, 6) is 0.420. The van der Waals surface area contributed by atoms with Crippen LogP contribution >= 0.6 is 0 Å². The Morgan fingerprint density at radius 2 is 2.00 bits per heavy atom. The lowest BCUT2D eigenvalue weighted by molar-refractivity contribution is 0.145. The Labute approximate surface area is 71.4 Å². The van der Waals surface area contributed by atoms with Crippen LogP contribution < -0.4 is 0 Å². The minimum atomic E-state index is 0.0266. The molecule has 1 aliphatic heterocycles. The van der Waals surface area contributed by atoms with Gasteiger partial charge in [0.2, 0.25) is 0 Å². The number of rotatable bonds is 1. The largest absolute Gasteiger partial charge is 0.462 e. The van der Waals surface area contributed by atoms with E-state index in [1.807, 2.05) is 30.3 Å². The standard InChI is InChI=1S/C10H10O2/c1-8-11-7-10(12-8)9-5-3-2-4-6-9/h2-6,10H,1,7H2/t10-/m0/s1. The lowest BCUT2D eigenvalue weighted by Gasteiger charge is -2.05. The molecule has 2 nitrogen and oxygen atoms in total. The summed E-state index contributed by atoms with van der Waals surface area (Å²) in [4.78, 5) is 0. The van der Waals surface area contributed by atoms with Gasteiger partial charge in [-0.25, -0.2) is 0 Å². The number of benzene rings is 1. The first-order chi connectivity index (χ1) is 5.86. The van der Waals surface area contributed by atoms with Crippen LogP contribution in [0.15, 0.2) is 42.9 Å². The SMILES string of the molecule is C=C1OC[C@@H](c2ccccc2)O1. The summed E-state index contributed by atoms with van der Waals surface area (Å²) in [6.07, 6.45) is 0.0266. The van der Waals surface area contributed by atoms with Crippen LogP contribution in [0.25, 0.3) is 0 Å². The highest BCUT2D eigenvalue weighted by Gasteiger charge is 2.21. The van der Waals surface area contributed by atoms with E-state index in [0.29, 0.717) is 12.6 Å². The van der Waals surface area contributed by atoms with Crippen LogP contribution in [0.4, 0.5) is 0 Å². The smallest absolute Gasteiger partial charge is 0.272 e. The van der Waals surface area contributed by atoms with Gasteiger partial charge in [0.15, 0.2) is 6.10 Å². The maximum absolute atomic E-state index is 5.33. The number of hydrogen-bond acceptors (Lipinski definition) is 2. The third kappa shape index (κ3) is 1.28. The molecule has 0 N–H and O–H groups in total. The Bertz CT molecular complexity index is 279. The molecule has 1 atom stereocenters. The molecule has 0 bridgehead atoms. The molecule has 2 rings (SSSR count). The van der Waals surface area contributed by atoms with E-state index in [1.165, 1.54) is 0 Å². The van der Waals surface area contributed by atoms with Gasteiger partial charge in [-0.2, -0.15) is 0 Å². The summed E-state index contributed by atoms with van der Waals surface area (Å²) in [5.41, 5.74) is 1.14. The van der Waals surface area contributed by atoms with Crippen LogP contribution in [0, 0.1) is 0 Å². The Kier molecular flexibility index (Phi) is 1.74. The van der Waals surface area contributed by atoms with Crippen molar-refractivity contribution in [2.24, 2.45) is 0 Å². The average molecular weight is 162 g/mol. The van der Waals surface area contributed by atoms with E-state index in [2.05, 4.69) is 6.58 Å². The van der Waals surface area contributed by atoms with Crippen molar-refractivity contribution >= 4 is 0 Å². The van der Waals surface area contributed by atoms with Gasteiger partial charge >= 0.3 is 0 Å². The molecule has 0 saturated carbocycles. The normalized spacial score (nSPS) is 21.7. The van der Waals surface area contributed by atoms with Crippen molar-refractivity contribution in [3.63, 3.8) is 0 Å². The topological polar surface area (TPSA) is 18.5 Å². The zero-order chi connectivity index (χ0) is 8.39. The van der Waals surface area contributed by atoms with Crippen molar-refractivity contribution < 1.29 is 9.47 Å². The second kappa shape index (κ2) is 2.89. The Morgan fingerprint density at radius 1 is 1.25 bits per heavy atom. The van der Waals surface area contributed by atoms with Crippen molar-refractivity contribution in [2.75, 3.05) is 6.61 Å². The quantitative estimate of drug-likeness (QED) is 0.630. The van der Waals surface area contributed by atoms with E-state index >= 15 is 0 Å². The highest BCUT2D eigenvalue weighted by molar-refractivity contribution is 5.18.